The molecule has 1 fully saturated rings. The van der Waals surface area contributed by atoms with Crippen LogP contribution in [0.3, 0.4) is 0 Å². The van der Waals surface area contributed by atoms with Gasteiger partial charge in [-0.1, -0.05) is 18.6 Å². The minimum absolute atomic E-state index is 0.499. The molecule has 2 heterocycles. The highest BCUT2D eigenvalue weighted by Crippen LogP contribution is 2.18. The smallest absolute Gasteiger partial charge is 0.205 e. The van der Waals surface area contributed by atoms with E-state index in [0.29, 0.717) is 17.6 Å². The molecule has 7 heteroatoms. The summed E-state index contributed by atoms with van der Waals surface area (Å²) in [6, 6.07) is 7.90. The molecular formula is C17H23N5OS. The first-order chi connectivity index (χ1) is 11.8. The van der Waals surface area contributed by atoms with Gasteiger partial charge in [0, 0.05) is 17.5 Å². The third kappa shape index (κ3) is 4.94. The molecule has 1 aromatic heterocycles. The van der Waals surface area contributed by atoms with E-state index in [0.717, 1.165) is 17.9 Å². The first-order valence-corrected chi connectivity index (χ1v) is 9.13. The van der Waals surface area contributed by atoms with Crippen LogP contribution in [0.1, 0.15) is 24.8 Å². The van der Waals surface area contributed by atoms with Gasteiger partial charge in [0.05, 0.1) is 6.21 Å². The van der Waals surface area contributed by atoms with Gasteiger partial charge >= 0.3 is 0 Å². The molecule has 0 spiro atoms. The van der Waals surface area contributed by atoms with Crippen molar-refractivity contribution >= 4 is 28.5 Å². The van der Waals surface area contributed by atoms with Crippen LogP contribution in [0.4, 0.5) is 10.9 Å². The van der Waals surface area contributed by atoms with Crippen molar-refractivity contribution in [3.05, 3.63) is 35.2 Å². The highest BCUT2D eigenvalue weighted by atomic mass is 32.1. The molecule has 0 amide bonds. The monoisotopic (exact) mass is 345 g/mol. The lowest BCUT2D eigenvalue weighted by Gasteiger charge is -2.26. The summed E-state index contributed by atoms with van der Waals surface area (Å²) < 4.78 is 5.95. The van der Waals surface area contributed by atoms with Crippen molar-refractivity contribution in [3.63, 3.8) is 0 Å². The molecule has 0 saturated carbocycles. The topological polar surface area (TPSA) is 75.8 Å². The van der Waals surface area contributed by atoms with E-state index >= 15 is 0 Å². The number of nitrogens with zero attached hydrogens (tertiary/aromatic N) is 3. The molecule has 1 aliphatic heterocycles. The van der Waals surface area contributed by atoms with Crippen LogP contribution in [0.25, 0.3) is 0 Å². The predicted octanol–water partition coefficient (Wildman–Crippen LogP) is 3.04. The number of benzene rings is 1. The average Bonchev–Trinajstić information content (AvgIpc) is 3.02. The number of piperidine rings is 1. The minimum Gasteiger partial charge on any atom is -0.492 e. The summed E-state index contributed by atoms with van der Waals surface area (Å²) in [5, 5.41) is 6.66. The van der Waals surface area contributed by atoms with Crippen LogP contribution in [0.5, 0.6) is 5.75 Å². The third-order valence-corrected chi connectivity index (χ3v) is 4.68. The van der Waals surface area contributed by atoms with Gasteiger partial charge in [0.15, 0.2) is 0 Å². The highest BCUT2D eigenvalue weighted by Gasteiger charge is 2.10. The molecule has 128 valence electrons. The van der Waals surface area contributed by atoms with Crippen LogP contribution >= 0.6 is 11.3 Å². The van der Waals surface area contributed by atoms with E-state index in [9.17, 15) is 0 Å². The third-order valence-electron chi connectivity index (χ3n) is 3.92. The molecule has 6 nitrogen and oxygen atoms in total. The summed E-state index contributed by atoms with van der Waals surface area (Å²) >= 11 is 1.42. The summed E-state index contributed by atoms with van der Waals surface area (Å²) in [7, 11) is 0. The summed E-state index contributed by atoms with van der Waals surface area (Å²) in [6.45, 7) is 4.05. The fraction of sp³-hybridized carbons (Fsp3) is 0.412. The zero-order valence-corrected chi connectivity index (χ0v) is 14.5. The van der Waals surface area contributed by atoms with Gasteiger partial charge in [-0.05, 0) is 38.1 Å². The molecule has 0 unspecified atom stereocenters. The Balaban J connectivity index is 1.52. The van der Waals surface area contributed by atoms with Crippen LogP contribution in [0, 0.1) is 0 Å². The predicted molar refractivity (Wildman–Crippen MR) is 100.0 cm³/mol. The first-order valence-electron chi connectivity index (χ1n) is 8.25. The molecule has 1 aliphatic rings. The molecule has 24 heavy (non-hydrogen) atoms. The van der Waals surface area contributed by atoms with E-state index in [1.54, 1.807) is 11.6 Å². The lowest BCUT2D eigenvalue weighted by atomic mass is 10.1. The lowest BCUT2D eigenvalue weighted by molar-refractivity contribution is 0.183. The Hall–Kier alpha value is -2.12. The normalized spacial score (nSPS) is 15.7. The van der Waals surface area contributed by atoms with Gasteiger partial charge in [-0.3, -0.25) is 10.3 Å². The number of nitrogen functional groups attached to an aromatic ring is 1. The van der Waals surface area contributed by atoms with E-state index < -0.39 is 0 Å². The Labute approximate surface area is 146 Å². The fourth-order valence-electron chi connectivity index (χ4n) is 2.68. The minimum atomic E-state index is 0.499. The lowest BCUT2D eigenvalue weighted by Crippen LogP contribution is -2.33. The second kappa shape index (κ2) is 8.65. The fourth-order valence-corrected chi connectivity index (χ4v) is 3.23. The summed E-state index contributed by atoms with van der Waals surface area (Å²) in [5.41, 5.74) is 9.41. The number of para-hydroxylation sites is 1. The molecule has 3 N–H and O–H groups in total. The molecule has 1 aromatic carbocycles. The maximum Gasteiger partial charge on any atom is 0.205 e. The first kappa shape index (κ1) is 16.7. The van der Waals surface area contributed by atoms with Crippen molar-refractivity contribution in [3.8, 4) is 5.75 Å². The number of hydrogen-bond acceptors (Lipinski definition) is 7. The molecule has 2 aromatic rings. The Morgan fingerprint density at radius 3 is 2.92 bits per heavy atom. The van der Waals surface area contributed by atoms with Gasteiger partial charge in [0.25, 0.3) is 0 Å². The summed E-state index contributed by atoms with van der Waals surface area (Å²) in [5.74, 6) is 1.35. The summed E-state index contributed by atoms with van der Waals surface area (Å²) in [4.78, 5) is 6.57. The van der Waals surface area contributed by atoms with Crippen LogP contribution in [0.15, 0.2) is 34.7 Å². The van der Waals surface area contributed by atoms with E-state index in [-0.39, 0.29) is 0 Å². The van der Waals surface area contributed by atoms with Gasteiger partial charge in [-0.25, -0.2) is 4.98 Å². The Kier molecular flexibility index (Phi) is 6.03. The molecule has 3 rings (SSSR count). The van der Waals surface area contributed by atoms with Gasteiger partial charge < -0.3 is 10.5 Å². The van der Waals surface area contributed by atoms with Crippen molar-refractivity contribution in [2.75, 3.05) is 37.4 Å². The molecule has 0 aliphatic carbocycles. The zero-order chi connectivity index (χ0) is 16.6. The highest BCUT2D eigenvalue weighted by molar-refractivity contribution is 7.14. The van der Waals surface area contributed by atoms with Crippen molar-refractivity contribution in [1.82, 2.24) is 9.88 Å². The molecule has 0 atom stereocenters. The van der Waals surface area contributed by atoms with Crippen LogP contribution < -0.4 is 15.9 Å². The van der Waals surface area contributed by atoms with Crippen molar-refractivity contribution in [2.24, 2.45) is 5.10 Å². The van der Waals surface area contributed by atoms with Crippen molar-refractivity contribution in [1.29, 1.82) is 0 Å². The Morgan fingerprint density at radius 1 is 1.29 bits per heavy atom. The van der Waals surface area contributed by atoms with Crippen LogP contribution in [0.2, 0.25) is 0 Å². The van der Waals surface area contributed by atoms with E-state index in [4.69, 9.17) is 10.5 Å². The molecule has 1 saturated heterocycles. The zero-order valence-electron chi connectivity index (χ0n) is 13.6. The van der Waals surface area contributed by atoms with Gasteiger partial charge in [0.1, 0.15) is 18.2 Å². The van der Waals surface area contributed by atoms with E-state index in [2.05, 4.69) is 20.4 Å². The number of likely N-dealkylation sites (tertiary alicyclic amines) is 1. The average molecular weight is 345 g/mol. The van der Waals surface area contributed by atoms with Crippen molar-refractivity contribution in [2.45, 2.75) is 19.3 Å². The summed E-state index contributed by atoms with van der Waals surface area (Å²) in [6.07, 6.45) is 5.70. The second-order valence-corrected chi connectivity index (χ2v) is 6.59. The quantitative estimate of drug-likeness (QED) is 0.596. The van der Waals surface area contributed by atoms with Gasteiger partial charge in [0.2, 0.25) is 5.13 Å². The number of aromatic nitrogens is 1. The number of anilines is 2. The maximum absolute atomic E-state index is 5.95. The van der Waals surface area contributed by atoms with Gasteiger partial charge in [-0.15, -0.1) is 11.3 Å². The number of rotatable bonds is 7. The van der Waals surface area contributed by atoms with Crippen LogP contribution in [-0.2, 0) is 0 Å². The Morgan fingerprint density at radius 2 is 2.12 bits per heavy atom. The second-order valence-electron chi connectivity index (χ2n) is 5.74. The Bertz CT molecular complexity index is 667. The number of hydrazone groups is 1. The van der Waals surface area contributed by atoms with E-state index in [1.807, 2.05) is 24.3 Å². The largest absolute Gasteiger partial charge is 0.492 e. The number of thiazole rings is 1. The number of hydrogen-bond donors (Lipinski definition) is 2. The molecule has 0 radical (unpaired) electrons. The van der Waals surface area contributed by atoms with Crippen LogP contribution in [-0.4, -0.2) is 42.3 Å². The SMILES string of the molecule is Nc1csc(NN=Cc2ccccc2OCCN2CCCCC2)n1. The van der Waals surface area contributed by atoms with Crippen molar-refractivity contribution < 1.29 is 4.74 Å². The standard InChI is InChI=1S/C17H23N5OS/c18-16-13-24-17(20-16)21-19-12-14-6-2-3-7-15(14)23-11-10-22-8-4-1-5-9-22/h2-3,6-7,12-13H,1,4-5,8-11,18H2,(H,20,21). The molecule has 0 bridgehead atoms. The molecular weight excluding hydrogens is 322 g/mol. The van der Waals surface area contributed by atoms with E-state index in [1.165, 1.54) is 43.7 Å². The number of nitrogens with two attached hydrogens (primary N) is 1. The number of nitrogens with one attached hydrogen (secondary N) is 1. The number of ether oxygens (including phenoxy) is 1. The maximum atomic E-state index is 5.95. The van der Waals surface area contributed by atoms with Gasteiger partial charge in [-0.2, -0.15) is 5.10 Å².